The predicted molar refractivity (Wildman–Crippen MR) is 486 cm³/mol. The smallest absolute Gasteiger partial charge is 0.131 e. The van der Waals surface area contributed by atoms with Gasteiger partial charge in [0.2, 0.25) is 0 Å². The topological polar surface area (TPSA) is 74.8 Å². The molecule has 12 nitrogen and oxygen atoms in total. The van der Waals surface area contributed by atoms with E-state index in [9.17, 15) is 0 Å². The van der Waals surface area contributed by atoms with Crippen LogP contribution in [-0.4, -0.2) is 150 Å². The lowest BCUT2D eigenvalue weighted by Gasteiger charge is -2.17. The second-order valence-electron chi connectivity index (χ2n) is 34.1. The molecule has 12 aliphatic heterocycles. The van der Waals surface area contributed by atoms with Crippen molar-refractivity contribution in [2.75, 3.05) is 121 Å². The number of para-hydroxylation sites is 6. The minimum absolute atomic E-state index is 0.142. The maximum absolute atomic E-state index is 8.22. The first-order valence-electron chi connectivity index (χ1n) is 44.3. The fourth-order valence-corrected chi connectivity index (χ4v) is 21.8. The molecular weight excluding hydrogens is 1620 g/mol. The van der Waals surface area contributed by atoms with E-state index in [1.807, 2.05) is 109 Å². The van der Waals surface area contributed by atoms with Crippen molar-refractivity contribution < 1.29 is 36.6 Å². The number of hydrogen-bond acceptors (Lipinski definition) is 12. The number of fused-ring (bicyclic) bond motifs is 30. The summed E-state index contributed by atoms with van der Waals surface area (Å²) >= 11 is 37.1. The summed E-state index contributed by atoms with van der Waals surface area (Å²) < 4.78 is 85.1. The summed E-state index contributed by atoms with van der Waals surface area (Å²) in [5.74, 6) is 14.2. The van der Waals surface area contributed by atoms with Crippen molar-refractivity contribution >= 4 is 69.6 Å². The van der Waals surface area contributed by atoms with E-state index in [1.165, 1.54) is 45.0 Å². The molecule has 12 heterocycles. The lowest BCUT2D eigenvalue weighted by molar-refractivity contribution is 0.401. The van der Waals surface area contributed by atoms with Crippen LogP contribution in [0.1, 0.15) is 146 Å². The van der Waals surface area contributed by atoms with Gasteiger partial charge in [-0.15, -0.1) is 0 Å². The van der Waals surface area contributed by atoms with Crippen molar-refractivity contribution in [3.05, 3.63) is 352 Å². The number of likely N-dealkylation sites (N-methyl/N-ethyl adjacent to an activating group) is 6. The summed E-state index contributed by atoms with van der Waals surface area (Å²) in [5, 5.41) is 4.21. The number of rotatable bonds is 0. The second-order valence-corrected chi connectivity index (χ2v) is 36.7. The molecule has 0 radical (unpaired) electrons. The lowest BCUT2D eigenvalue weighted by Crippen LogP contribution is -2.14. The van der Waals surface area contributed by atoms with E-state index < -0.39 is 0 Å². The van der Waals surface area contributed by atoms with Crippen LogP contribution in [0.15, 0.2) is 255 Å². The van der Waals surface area contributed by atoms with Gasteiger partial charge in [0.25, 0.3) is 0 Å². The Morgan fingerprint density at radius 2 is 0.383 bits per heavy atom. The monoisotopic (exact) mass is 1720 g/mol. The Hall–Kier alpha value is -9.06. The van der Waals surface area contributed by atoms with Crippen molar-refractivity contribution in [1.82, 2.24) is 29.4 Å². The zero-order chi connectivity index (χ0) is 87.4. The van der Waals surface area contributed by atoms with Gasteiger partial charge in [0.05, 0.1) is 8.22 Å². The number of ether oxygens (including phenoxy) is 6. The number of nitrogens with zero attached hydrogens (tertiary/aromatic N) is 6. The maximum atomic E-state index is 8.22. The molecule has 0 N–H and O–H groups in total. The number of hydrogen-bond donors (Lipinski definition) is 0. The van der Waals surface area contributed by atoms with Gasteiger partial charge in [0.1, 0.15) is 69.0 Å². The number of likely N-dealkylation sites (tertiary alicyclic amines) is 6. The highest BCUT2D eigenvalue weighted by molar-refractivity contribution is 6.32. The molecule has 0 amide bonds. The van der Waals surface area contributed by atoms with Crippen molar-refractivity contribution in [1.29, 1.82) is 0 Å². The zero-order valence-corrected chi connectivity index (χ0v) is 72.1. The molecule has 18 heteroatoms. The average molecular weight is 1720 g/mol. The fourth-order valence-electron chi connectivity index (χ4n) is 20.8. The van der Waals surface area contributed by atoms with Crippen LogP contribution in [0.4, 0.5) is 0 Å². The predicted octanol–water partition coefficient (Wildman–Crippen LogP) is 25.6. The molecule has 612 valence electrons. The Balaban J connectivity index is 0.0000000988. The highest BCUT2D eigenvalue weighted by Gasteiger charge is 2.45. The molecule has 0 spiro atoms. The summed E-state index contributed by atoms with van der Waals surface area (Å²) in [6.45, 7) is 11.8. The molecule has 0 aromatic heterocycles. The van der Waals surface area contributed by atoms with Crippen molar-refractivity contribution in [2.45, 2.75) is 71.0 Å². The molecular formula is C102H96Cl6N6O6. The van der Waals surface area contributed by atoms with E-state index in [-0.39, 0.29) is 35.8 Å². The molecule has 24 rings (SSSR count). The molecule has 0 saturated carbocycles. The van der Waals surface area contributed by atoms with Gasteiger partial charge in [-0.05, 0) is 221 Å². The number of benzene rings is 12. The first-order chi connectivity index (χ1) is 60.7. The van der Waals surface area contributed by atoms with E-state index in [0.717, 1.165) is 178 Å². The largest absolute Gasteiger partial charge is 0.457 e. The van der Waals surface area contributed by atoms with Crippen LogP contribution in [-0.2, 0) is 0 Å². The standard InChI is InChI=1S/6C17H16ClNO/c6*1-19-9-14-12-4-2-3-5-16(12)20-17-7-6-11(18)8-13(17)15(14)10-19/h6*2-8,14-15H,9-10H2,1H3/t6*14-,15-/m000000/s1/i2D,5D,7D;2D,7D;2D;;;. The highest BCUT2D eigenvalue weighted by Crippen LogP contribution is 2.57. The Kier molecular flexibility index (Phi) is 21.1. The Morgan fingerprint density at radius 1 is 0.200 bits per heavy atom. The summed E-state index contributed by atoms with van der Waals surface area (Å²) in [6.07, 6.45) is 0. The molecule has 0 bridgehead atoms. The molecule has 6 saturated heterocycles. The van der Waals surface area contributed by atoms with Gasteiger partial charge >= 0.3 is 0 Å². The van der Waals surface area contributed by atoms with Crippen LogP contribution in [0.3, 0.4) is 0 Å². The second kappa shape index (κ2) is 34.3. The minimum atomic E-state index is 0.142. The molecule has 120 heavy (non-hydrogen) atoms. The lowest BCUT2D eigenvalue weighted by atomic mass is 9.84. The third kappa shape index (κ3) is 16.3. The molecule has 0 unspecified atom stereocenters. The van der Waals surface area contributed by atoms with E-state index in [0.29, 0.717) is 98.8 Å². The van der Waals surface area contributed by atoms with E-state index >= 15 is 0 Å². The van der Waals surface area contributed by atoms with Gasteiger partial charge in [-0.2, -0.15) is 0 Å². The van der Waals surface area contributed by atoms with Crippen LogP contribution < -0.4 is 28.4 Å². The first kappa shape index (κ1) is 73.6. The van der Waals surface area contributed by atoms with E-state index in [1.54, 1.807) is 30.3 Å². The van der Waals surface area contributed by atoms with Gasteiger partial charge in [-0.3, -0.25) is 0 Å². The molecule has 12 atom stereocenters. The summed E-state index contributed by atoms with van der Waals surface area (Å²) in [6, 6.07) is 72.4. The van der Waals surface area contributed by atoms with Gasteiger partial charge in [0.15, 0.2) is 0 Å². The number of halogens is 6. The third-order valence-electron chi connectivity index (χ3n) is 26.0. The van der Waals surface area contributed by atoms with Gasteiger partial charge in [-0.25, -0.2) is 0 Å². The molecule has 12 aromatic rings. The van der Waals surface area contributed by atoms with E-state index in [4.69, 9.17) is 106 Å². The maximum Gasteiger partial charge on any atom is 0.131 e. The summed E-state index contributed by atoms with van der Waals surface area (Å²) in [7, 11) is 12.9. The molecule has 0 aliphatic carbocycles. The summed E-state index contributed by atoms with van der Waals surface area (Å²) in [4.78, 5) is 14.0. The Labute approximate surface area is 742 Å². The zero-order valence-electron chi connectivity index (χ0n) is 73.6. The Morgan fingerprint density at radius 3 is 0.667 bits per heavy atom. The minimum Gasteiger partial charge on any atom is -0.457 e. The van der Waals surface area contributed by atoms with Gasteiger partial charge in [-0.1, -0.05) is 179 Å². The molecule has 6 fully saturated rings. The van der Waals surface area contributed by atoms with Crippen molar-refractivity contribution in [3.63, 3.8) is 0 Å². The highest BCUT2D eigenvalue weighted by atomic mass is 35.5. The quantitative estimate of drug-likeness (QED) is 0.145. The van der Waals surface area contributed by atoms with Crippen LogP contribution in [0.5, 0.6) is 69.0 Å². The Bertz CT molecular complexity index is 5810. The van der Waals surface area contributed by atoms with Crippen LogP contribution >= 0.6 is 69.6 Å². The fraction of sp³-hybridized carbons (Fsp3) is 0.294. The van der Waals surface area contributed by atoms with Crippen molar-refractivity contribution in [3.8, 4) is 69.0 Å². The molecule has 12 aliphatic rings. The normalized spacial score (nSPS) is 25.0. The third-order valence-corrected chi connectivity index (χ3v) is 27.4. The van der Waals surface area contributed by atoms with Gasteiger partial charge < -0.3 is 57.8 Å². The van der Waals surface area contributed by atoms with Gasteiger partial charge in [0, 0.05) is 213 Å². The molecule has 12 aromatic carbocycles. The van der Waals surface area contributed by atoms with Crippen LogP contribution in [0.2, 0.25) is 30.1 Å². The first-order valence-corrected chi connectivity index (χ1v) is 43.6. The average Bonchev–Trinajstić information content (AvgIpc) is 1.59. The van der Waals surface area contributed by atoms with Crippen LogP contribution in [0, 0.1) is 0 Å². The SMILES string of the molecule is CN1C[C@H]2c3ccccc3Oc3ccc(Cl)cc3[C@@H]2C1.CN1C[C@H]2c3ccccc3Oc3ccc(Cl)cc3[C@@H]2C1.CN1C[C@H]2c3ccccc3Oc3ccc(Cl)cc3[C@@H]2C1.[2H]c1cc([2H])c2c(c1)[C@@H]1CN(C)C[C@H]1c1cc(Cl)cc([2H])c1O2.[2H]c1ccc2c(c1)[C@@H]1CN(C)C[C@H]1c1cc(Cl)cc([2H])c1O2.[2H]c1ccc2c(c1)[C@@H]1CN(C)C[C@H]1c1cc(Cl)ccc1O2. The van der Waals surface area contributed by atoms with E-state index in [2.05, 4.69) is 144 Å². The summed E-state index contributed by atoms with van der Waals surface area (Å²) in [5.41, 5.74) is 13.9. The van der Waals surface area contributed by atoms with Crippen molar-refractivity contribution in [2.24, 2.45) is 0 Å². The van der Waals surface area contributed by atoms with Crippen LogP contribution in [0.25, 0.3) is 0 Å².